The summed E-state index contributed by atoms with van der Waals surface area (Å²) in [7, 11) is 0. The highest BCUT2D eigenvalue weighted by Gasteiger charge is 2.07. The molecule has 1 unspecified atom stereocenters. The van der Waals surface area contributed by atoms with Gasteiger partial charge in [-0.25, -0.2) is 0 Å². The van der Waals surface area contributed by atoms with Gasteiger partial charge in [0.05, 0.1) is 6.10 Å². The Morgan fingerprint density at radius 1 is 1.42 bits per heavy atom. The molecule has 0 saturated heterocycles. The molecule has 0 radical (unpaired) electrons. The van der Waals surface area contributed by atoms with Gasteiger partial charge >= 0.3 is 0 Å². The van der Waals surface area contributed by atoms with Gasteiger partial charge in [-0.3, -0.25) is 4.79 Å². The molecule has 0 heterocycles. The summed E-state index contributed by atoms with van der Waals surface area (Å²) >= 11 is 0. The van der Waals surface area contributed by atoms with Crippen LogP contribution in [0.1, 0.15) is 33.1 Å². The summed E-state index contributed by atoms with van der Waals surface area (Å²) < 4.78 is 10.0. The largest absolute Gasteiger partial charge is 0.465 e. The van der Waals surface area contributed by atoms with Crippen LogP contribution >= 0.6 is 0 Å². The molecular formula is C9H18O3. The van der Waals surface area contributed by atoms with Crippen LogP contribution in [-0.4, -0.2) is 25.8 Å². The first-order valence-corrected chi connectivity index (χ1v) is 4.52. The minimum Gasteiger partial charge on any atom is -0.465 e. The van der Waals surface area contributed by atoms with Crippen molar-refractivity contribution >= 4 is 6.47 Å². The van der Waals surface area contributed by atoms with Crippen LogP contribution in [-0.2, 0) is 14.3 Å². The van der Waals surface area contributed by atoms with Gasteiger partial charge in [0.2, 0.25) is 0 Å². The fraction of sp³-hybridized carbons (Fsp3) is 0.889. The van der Waals surface area contributed by atoms with E-state index in [1.165, 1.54) is 0 Å². The van der Waals surface area contributed by atoms with E-state index < -0.39 is 0 Å². The van der Waals surface area contributed by atoms with Gasteiger partial charge in [-0.2, -0.15) is 0 Å². The lowest BCUT2D eigenvalue weighted by Gasteiger charge is -2.14. The monoisotopic (exact) mass is 174 g/mol. The number of unbranched alkanes of at least 4 members (excludes halogenated alkanes) is 1. The molecule has 0 aliphatic heterocycles. The maximum atomic E-state index is 9.91. The predicted molar refractivity (Wildman–Crippen MR) is 47.0 cm³/mol. The molecular weight excluding hydrogens is 156 g/mol. The molecule has 1 atom stereocenters. The molecule has 12 heavy (non-hydrogen) atoms. The average Bonchev–Trinajstić information content (AvgIpc) is 2.10. The molecule has 0 rings (SSSR count). The molecule has 3 heteroatoms. The van der Waals surface area contributed by atoms with Gasteiger partial charge in [-0.1, -0.05) is 19.8 Å². The first-order chi connectivity index (χ1) is 5.85. The first-order valence-electron chi connectivity index (χ1n) is 4.52. The van der Waals surface area contributed by atoms with E-state index >= 15 is 0 Å². The highest BCUT2D eigenvalue weighted by atomic mass is 16.6. The minimum absolute atomic E-state index is 0.0835. The summed E-state index contributed by atoms with van der Waals surface area (Å²) in [6.07, 6.45) is 3.32. The SMILES string of the molecule is CCCCC(COC=O)OCC. The van der Waals surface area contributed by atoms with Crippen molar-refractivity contribution in [3.05, 3.63) is 0 Å². The summed E-state index contributed by atoms with van der Waals surface area (Å²) in [6, 6.07) is 0. The summed E-state index contributed by atoms with van der Waals surface area (Å²) in [5.74, 6) is 0. The van der Waals surface area contributed by atoms with Gasteiger partial charge < -0.3 is 9.47 Å². The predicted octanol–water partition coefficient (Wildman–Crippen LogP) is 1.75. The van der Waals surface area contributed by atoms with Gasteiger partial charge in [0.1, 0.15) is 6.61 Å². The highest BCUT2D eigenvalue weighted by Crippen LogP contribution is 2.04. The van der Waals surface area contributed by atoms with Crippen molar-refractivity contribution < 1.29 is 14.3 Å². The van der Waals surface area contributed by atoms with Crippen LogP contribution in [0.4, 0.5) is 0 Å². The first kappa shape index (κ1) is 11.4. The molecule has 0 fully saturated rings. The molecule has 0 aliphatic carbocycles. The van der Waals surface area contributed by atoms with Crippen molar-refractivity contribution in [2.24, 2.45) is 0 Å². The van der Waals surface area contributed by atoms with E-state index in [1.54, 1.807) is 0 Å². The Morgan fingerprint density at radius 3 is 2.67 bits per heavy atom. The Bertz CT molecular complexity index is 104. The number of hydrogen-bond acceptors (Lipinski definition) is 3. The second-order valence-electron chi connectivity index (χ2n) is 2.65. The van der Waals surface area contributed by atoms with Crippen molar-refractivity contribution in [1.82, 2.24) is 0 Å². The number of rotatable bonds is 8. The molecule has 0 aromatic carbocycles. The van der Waals surface area contributed by atoms with Crippen LogP contribution in [0.25, 0.3) is 0 Å². The normalized spacial score (nSPS) is 12.5. The highest BCUT2D eigenvalue weighted by molar-refractivity contribution is 5.36. The van der Waals surface area contributed by atoms with Gasteiger partial charge in [-0.15, -0.1) is 0 Å². The lowest BCUT2D eigenvalue weighted by Crippen LogP contribution is -2.19. The molecule has 72 valence electrons. The van der Waals surface area contributed by atoms with Crippen molar-refractivity contribution in [2.45, 2.75) is 39.2 Å². The van der Waals surface area contributed by atoms with Gasteiger partial charge in [-0.05, 0) is 13.3 Å². The van der Waals surface area contributed by atoms with Gasteiger partial charge in [0.25, 0.3) is 6.47 Å². The summed E-state index contributed by atoms with van der Waals surface area (Å²) in [4.78, 5) is 9.91. The smallest absolute Gasteiger partial charge is 0.293 e. The van der Waals surface area contributed by atoms with Crippen LogP contribution in [0, 0.1) is 0 Å². The van der Waals surface area contributed by atoms with Crippen molar-refractivity contribution in [2.75, 3.05) is 13.2 Å². The fourth-order valence-corrected chi connectivity index (χ4v) is 1.03. The Hall–Kier alpha value is -0.570. The second kappa shape index (κ2) is 8.53. The summed E-state index contributed by atoms with van der Waals surface area (Å²) in [5, 5.41) is 0. The van der Waals surface area contributed by atoms with E-state index in [1.807, 2.05) is 6.92 Å². The Morgan fingerprint density at radius 2 is 2.17 bits per heavy atom. The molecule has 0 N–H and O–H groups in total. The maximum Gasteiger partial charge on any atom is 0.293 e. The third-order valence-corrected chi connectivity index (χ3v) is 1.63. The Labute approximate surface area is 74.0 Å². The van der Waals surface area contributed by atoms with E-state index in [0.717, 1.165) is 19.3 Å². The van der Waals surface area contributed by atoms with Gasteiger partial charge in [0.15, 0.2) is 0 Å². The molecule has 0 amide bonds. The van der Waals surface area contributed by atoms with E-state index in [-0.39, 0.29) is 6.10 Å². The summed E-state index contributed by atoms with van der Waals surface area (Å²) in [6.45, 7) is 5.61. The fourth-order valence-electron chi connectivity index (χ4n) is 1.03. The summed E-state index contributed by atoms with van der Waals surface area (Å²) in [5.41, 5.74) is 0. The third kappa shape index (κ3) is 6.16. The van der Waals surface area contributed by atoms with E-state index in [4.69, 9.17) is 4.74 Å². The Balaban J connectivity index is 3.46. The molecule has 0 aromatic heterocycles. The van der Waals surface area contributed by atoms with Crippen LogP contribution in [0.2, 0.25) is 0 Å². The van der Waals surface area contributed by atoms with Crippen LogP contribution in [0.15, 0.2) is 0 Å². The van der Waals surface area contributed by atoms with Crippen molar-refractivity contribution in [1.29, 1.82) is 0 Å². The third-order valence-electron chi connectivity index (χ3n) is 1.63. The van der Waals surface area contributed by atoms with E-state index in [0.29, 0.717) is 19.7 Å². The standard InChI is InChI=1S/C9H18O3/c1-3-5-6-9(12-4-2)7-11-8-10/h8-9H,3-7H2,1-2H3. The number of hydrogen-bond donors (Lipinski definition) is 0. The van der Waals surface area contributed by atoms with Crippen LogP contribution in [0.3, 0.4) is 0 Å². The molecule has 0 spiro atoms. The van der Waals surface area contributed by atoms with Crippen LogP contribution < -0.4 is 0 Å². The lowest BCUT2D eigenvalue weighted by atomic mass is 10.2. The molecule has 3 nitrogen and oxygen atoms in total. The lowest BCUT2D eigenvalue weighted by molar-refractivity contribution is -0.133. The molecule has 0 saturated carbocycles. The van der Waals surface area contributed by atoms with Crippen LogP contribution in [0.5, 0.6) is 0 Å². The average molecular weight is 174 g/mol. The van der Waals surface area contributed by atoms with E-state index in [9.17, 15) is 4.79 Å². The molecule has 0 bridgehead atoms. The topological polar surface area (TPSA) is 35.5 Å². The zero-order valence-corrected chi connectivity index (χ0v) is 7.91. The number of carbonyl (C=O) groups excluding carboxylic acids is 1. The van der Waals surface area contributed by atoms with Crippen molar-refractivity contribution in [3.8, 4) is 0 Å². The quantitative estimate of drug-likeness (QED) is 0.526. The van der Waals surface area contributed by atoms with Crippen molar-refractivity contribution in [3.63, 3.8) is 0 Å². The zero-order valence-electron chi connectivity index (χ0n) is 7.91. The van der Waals surface area contributed by atoms with Gasteiger partial charge in [0, 0.05) is 6.61 Å². The maximum absolute atomic E-state index is 9.91. The Kier molecular flexibility index (Phi) is 8.12. The van der Waals surface area contributed by atoms with E-state index in [2.05, 4.69) is 11.7 Å². The minimum atomic E-state index is 0.0835. The molecule has 0 aliphatic rings. The molecule has 0 aromatic rings. The number of carbonyl (C=O) groups is 1. The second-order valence-corrected chi connectivity index (χ2v) is 2.65. The zero-order chi connectivity index (χ0) is 9.23. The number of ether oxygens (including phenoxy) is 2.